The maximum absolute atomic E-state index is 12.8. The van der Waals surface area contributed by atoms with E-state index in [-0.39, 0.29) is 25.2 Å². The number of carboxylic acids is 1. The minimum atomic E-state index is -4.58. The SMILES string of the molecule is CCN(CCC(=O)O)C(=O)Nc1ccccc1C(F)(F)F. The number of nitrogens with zero attached hydrogens (tertiary/aromatic N) is 1. The van der Waals surface area contributed by atoms with Gasteiger partial charge < -0.3 is 15.3 Å². The molecule has 1 aromatic rings. The van der Waals surface area contributed by atoms with Gasteiger partial charge in [0.05, 0.1) is 17.7 Å². The fourth-order valence-electron chi connectivity index (χ4n) is 1.67. The molecular weight excluding hydrogens is 289 g/mol. The van der Waals surface area contributed by atoms with Crippen LogP contribution in [0.25, 0.3) is 0 Å². The molecule has 2 N–H and O–H groups in total. The molecule has 0 aliphatic rings. The van der Waals surface area contributed by atoms with Crippen LogP contribution in [0.1, 0.15) is 18.9 Å². The van der Waals surface area contributed by atoms with Crippen LogP contribution in [0.2, 0.25) is 0 Å². The molecule has 0 aliphatic heterocycles. The minimum absolute atomic E-state index is 0.0775. The number of anilines is 1. The molecule has 2 amide bonds. The van der Waals surface area contributed by atoms with Gasteiger partial charge in [0.2, 0.25) is 0 Å². The molecule has 21 heavy (non-hydrogen) atoms. The van der Waals surface area contributed by atoms with Crippen LogP contribution in [0.4, 0.5) is 23.7 Å². The number of urea groups is 1. The zero-order chi connectivity index (χ0) is 16.0. The first-order valence-electron chi connectivity index (χ1n) is 6.19. The van der Waals surface area contributed by atoms with Crippen LogP contribution < -0.4 is 5.32 Å². The lowest BCUT2D eigenvalue weighted by Crippen LogP contribution is -2.36. The number of halogens is 3. The van der Waals surface area contributed by atoms with Crippen molar-refractivity contribution in [3.8, 4) is 0 Å². The Kier molecular flexibility index (Phi) is 5.57. The smallest absolute Gasteiger partial charge is 0.418 e. The topological polar surface area (TPSA) is 69.6 Å². The molecule has 1 rings (SSSR count). The van der Waals surface area contributed by atoms with Crippen LogP contribution in [0.15, 0.2) is 24.3 Å². The number of aliphatic carboxylic acids is 1. The van der Waals surface area contributed by atoms with Crippen molar-refractivity contribution in [3.05, 3.63) is 29.8 Å². The number of hydrogen-bond acceptors (Lipinski definition) is 2. The predicted molar refractivity (Wildman–Crippen MR) is 70.0 cm³/mol. The van der Waals surface area contributed by atoms with E-state index in [1.54, 1.807) is 6.92 Å². The molecule has 5 nitrogen and oxygen atoms in total. The Bertz CT molecular complexity index is 518. The second-order valence-electron chi connectivity index (χ2n) is 4.20. The number of carbonyl (C=O) groups is 2. The summed E-state index contributed by atoms with van der Waals surface area (Å²) < 4.78 is 38.4. The third-order valence-electron chi connectivity index (χ3n) is 2.74. The van der Waals surface area contributed by atoms with Crippen molar-refractivity contribution >= 4 is 17.7 Å². The lowest BCUT2D eigenvalue weighted by Gasteiger charge is -2.22. The summed E-state index contributed by atoms with van der Waals surface area (Å²) in [5, 5.41) is 10.7. The number of carboxylic acid groups (broad SMARTS) is 1. The van der Waals surface area contributed by atoms with E-state index >= 15 is 0 Å². The molecule has 0 saturated heterocycles. The van der Waals surface area contributed by atoms with Gasteiger partial charge in [-0.3, -0.25) is 4.79 Å². The molecule has 0 heterocycles. The molecular formula is C13H15F3N2O3. The molecule has 0 aliphatic carbocycles. The largest absolute Gasteiger partial charge is 0.481 e. The summed E-state index contributed by atoms with van der Waals surface area (Å²) in [5.41, 5.74) is -1.31. The van der Waals surface area contributed by atoms with Crippen molar-refractivity contribution in [2.75, 3.05) is 18.4 Å². The first-order chi connectivity index (χ1) is 9.75. The monoisotopic (exact) mass is 304 g/mol. The molecule has 8 heteroatoms. The van der Waals surface area contributed by atoms with Crippen molar-refractivity contribution in [2.24, 2.45) is 0 Å². The highest BCUT2D eigenvalue weighted by atomic mass is 19.4. The Balaban J connectivity index is 2.85. The van der Waals surface area contributed by atoms with Gasteiger partial charge in [-0.1, -0.05) is 12.1 Å². The second-order valence-corrected chi connectivity index (χ2v) is 4.20. The Morgan fingerprint density at radius 3 is 2.43 bits per heavy atom. The Morgan fingerprint density at radius 1 is 1.29 bits per heavy atom. The van der Waals surface area contributed by atoms with Crippen molar-refractivity contribution in [1.82, 2.24) is 4.90 Å². The van der Waals surface area contributed by atoms with Crippen LogP contribution in [0, 0.1) is 0 Å². The average Bonchev–Trinajstić information content (AvgIpc) is 2.38. The minimum Gasteiger partial charge on any atom is -0.481 e. The molecule has 0 fully saturated rings. The van der Waals surface area contributed by atoms with E-state index in [0.29, 0.717) is 0 Å². The van der Waals surface area contributed by atoms with Crippen LogP contribution in [0.5, 0.6) is 0 Å². The van der Waals surface area contributed by atoms with Crippen LogP contribution in [-0.4, -0.2) is 35.1 Å². The molecule has 0 aromatic heterocycles. The predicted octanol–water partition coefficient (Wildman–Crippen LogP) is 3.03. The quantitative estimate of drug-likeness (QED) is 0.878. The first kappa shape index (κ1) is 16.8. The third kappa shape index (κ3) is 4.97. The lowest BCUT2D eigenvalue weighted by molar-refractivity contribution is -0.137. The summed E-state index contributed by atoms with van der Waals surface area (Å²) in [4.78, 5) is 23.5. The van der Waals surface area contributed by atoms with Gasteiger partial charge in [0.15, 0.2) is 0 Å². The van der Waals surface area contributed by atoms with Crippen LogP contribution in [-0.2, 0) is 11.0 Å². The van der Waals surface area contributed by atoms with E-state index in [4.69, 9.17) is 5.11 Å². The van der Waals surface area contributed by atoms with E-state index in [1.165, 1.54) is 12.1 Å². The highest BCUT2D eigenvalue weighted by Crippen LogP contribution is 2.34. The lowest BCUT2D eigenvalue weighted by atomic mass is 10.1. The maximum atomic E-state index is 12.8. The number of carbonyl (C=O) groups excluding carboxylic acids is 1. The molecule has 1 aromatic carbocycles. The number of hydrogen-bond donors (Lipinski definition) is 2. The summed E-state index contributed by atoms with van der Waals surface area (Å²) in [5.74, 6) is -1.09. The van der Waals surface area contributed by atoms with Gasteiger partial charge in [0.25, 0.3) is 0 Å². The number of rotatable bonds is 5. The van der Waals surface area contributed by atoms with Gasteiger partial charge in [0.1, 0.15) is 0 Å². The fourth-order valence-corrected chi connectivity index (χ4v) is 1.67. The van der Waals surface area contributed by atoms with Gasteiger partial charge in [-0.05, 0) is 19.1 Å². The number of benzene rings is 1. The molecule has 116 valence electrons. The fraction of sp³-hybridized carbons (Fsp3) is 0.385. The first-order valence-corrected chi connectivity index (χ1v) is 6.19. The molecule has 0 unspecified atom stereocenters. The average molecular weight is 304 g/mol. The third-order valence-corrected chi connectivity index (χ3v) is 2.74. The van der Waals surface area contributed by atoms with Gasteiger partial charge >= 0.3 is 18.2 Å². The van der Waals surface area contributed by atoms with Gasteiger partial charge in [-0.15, -0.1) is 0 Å². The zero-order valence-electron chi connectivity index (χ0n) is 11.3. The van der Waals surface area contributed by atoms with Crippen molar-refractivity contribution in [1.29, 1.82) is 0 Å². The van der Waals surface area contributed by atoms with Crippen LogP contribution >= 0.6 is 0 Å². The summed E-state index contributed by atoms with van der Waals surface area (Å²) in [6.45, 7) is 1.72. The molecule has 0 bridgehead atoms. The van der Waals surface area contributed by atoms with E-state index in [2.05, 4.69) is 5.32 Å². The standard InChI is InChI=1S/C13H15F3N2O3/c1-2-18(8-7-11(19)20)12(21)17-10-6-4-3-5-9(10)13(14,15)16/h3-6H,2,7-8H2,1H3,(H,17,21)(H,19,20). The summed E-state index contributed by atoms with van der Waals surface area (Å²) in [6.07, 6.45) is -4.86. The molecule has 0 radical (unpaired) electrons. The molecule has 0 spiro atoms. The van der Waals surface area contributed by atoms with Gasteiger partial charge in [-0.2, -0.15) is 13.2 Å². The number of amides is 2. The van der Waals surface area contributed by atoms with E-state index in [9.17, 15) is 22.8 Å². The summed E-state index contributed by atoms with van der Waals surface area (Å²) >= 11 is 0. The maximum Gasteiger partial charge on any atom is 0.418 e. The Labute approximate surface area is 119 Å². The highest BCUT2D eigenvalue weighted by Gasteiger charge is 2.33. The van der Waals surface area contributed by atoms with Crippen molar-refractivity contribution < 1.29 is 27.9 Å². The summed E-state index contributed by atoms with van der Waals surface area (Å²) in [7, 11) is 0. The van der Waals surface area contributed by atoms with Crippen LogP contribution in [0.3, 0.4) is 0 Å². The number of nitrogens with one attached hydrogen (secondary N) is 1. The Morgan fingerprint density at radius 2 is 1.90 bits per heavy atom. The molecule has 0 atom stereocenters. The summed E-state index contributed by atoms with van der Waals surface area (Å²) in [6, 6.07) is 3.84. The molecule has 0 saturated carbocycles. The van der Waals surface area contributed by atoms with E-state index < -0.39 is 23.7 Å². The zero-order valence-corrected chi connectivity index (χ0v) is 11.3. The van der Waals surface area contributed by atoms with Gasteiger partial charge in [0, 0.05) is 13.1 Å². The number of alkyl halides is 3. The van der Waals surface area contributed by atoms with Crippen molar-refractivity contribution in [2.45, 2.75) is 19.5 Å². The van der Waals surface area contributed by atoms with Crippen molar-refractivity contribution in [3.63, 3.8) is 0 Å². The van der Waals surface area contributed by atoms with E-state index in [1.807, 2.05) is 0 Å². The number of para-hydroxylation sites is 1. The van der Waals surface area contributed by atoms with Gasteiger partial charge in [-0.25, -0.2) is 4.79 Å². The van der Waals surface area contributed by atoms with E-state index in [0.717, 1.165) is 17.0 Å². The second kappa shape index (κ2) is 6.96. The Hall–Kier alpha value is -2.25. The highest BCUT2D eigenvalue weighted by molar-refractivity contribution is 5.90. The normalized spacial score (nSPS) is 11.0.